The quantitative estimate of drug-likeness (QED) is 0.835. The zero-order chi connectivity index (χ0) is 14.2. The average molecular weight is 372 g/mol. The SMILES string of the molecule is O=S(=O)(Nc1ccc(F)c(F)c1F)c1ccc(Br)s1. The minimum Gasteiger partial charge on any atom is -0.276 e. The van der Waals surface area contributed by atoms with Crippen LogP contribution in [-0.2, 0) is 10.0 Å². The molecule has 0 bridgehead atoms. The molecule has 3 nitrogen and oxygen atoms in total. The summed E-state index contributed by atoms with van der Waals surface area (Å²) in [5.74, 6) is -4.70. The first kappa shape index (κ1) is 14.4. The van der Waals surface area contributed by atoms with Gasteiger partial charge in [-0.25, -0.2) is 21.6 Å². The van der Waals surface area contributed by atoms with Gasteiger partial charge in [-0.1, -0.05) is 0 Å². The average Bonchev–Trinajstić information content (AvgIpc) is 2.78. The van der Waals surface area contributed by atoms with Crippen molar-refractivity contribution in [2.24, 2.45) is 0 Å². The summed E-state index contributed by atoms with van der Waals surface area (Å²) in [6, 6.07) is 4.25. The van der Waals surface area contributed by atoms with Gasteiger partial charge in [0.15, 0.2) is 17.5 Å². The molecule has 0 spiro atoms. The van der Waals surface area contributed by atoms with E-state index in [9.17, 15) is 21.6 Å². The molecule has 0 saturated carbocycles. The van der Waals surface area contributed by atoms with Gasteiger partial charge in [-0.15, -0.1) is 11.3 Å². The highest BCUT2D eigenvalue weighted by atomic mass is 79.9. The fourth-order valence-corrected chi connectivity index (χ4v) is 4.31. The standard InChI is InChI=1S/C10H5BrF3NO2S2/c11-7-3-4-8(18-7)19(16,17)15-6-2-1-5(12)9(13)10(6)14/h1-4,15H. The molecule has 0 aliphatic carbocycles. The Hall–Kier alpha value is -1.06. The predicted molar refractivity (Wildman–Crippen MR) is 69.1 cm³/mol. The maximum absolute atomic E-state index is 13.4. The molecule has 9 heteroatoms. The van der Waals surface area contributed by atoms with E-state index in [-0.39, 0.29) is 4.21 Å². The summed E-state index contributed by atoms with van der Waals surface area (Å²) in [6.45, 7) is 0. The van der Waals surface area contributed by atoms with Crippen LogP contribution in [0.1, 0.15) is 0 Å². The molecule has 1 aromatic carbocycles. The topological polar surface area (TPSA) is 46.2 Å². The Morgan fingerprint density at radius 3 is 2.32 bits per heavy atom. The van der Waals surface area contributed by atoms with Crippen LogP contribution in [0.15, 0.2) is 32.3 Å². The van der Waals surface area contributed by atoms with E-state index in [1.54, 1.807) is 0 Å². The van der Waals surface area contributed by atoms with Crippen molar-refractivity contribution in [3.8, 4) is 0 Å². The van der Waals surface area contributed by atoms with Crippen molar-refractivity contribution in [2.75, 3.05) is 4.72 Å². The first-order valence-electron chi connectivity index (χ1n) is 4.73. The van der Waals surface area contributed by atoms with E-state index in [1.165, 1.54) is 12.1 Å². The number of halogens is 4. The Morgan fingerprint density at radius 1 is 1.05 bits per heavy atom. The summed E-state index contributed by atoms with van der Waals surface area (Å²) < 4.78 is 65.1. The second-order valence-corrected chi connectivity index (χ2v) is 7.76. The number of benzene rings is 1. The van der Waals surface area contributed by atoms with Gasteiger partial charge in [0.25, 0.3) is 10.0 Å². The molecule has 1 aromatic heterocycles. The van der Waals surface area contributed by atoms with Crippen LogP contribution < -0.4 is 4.72 Å². The molecule has 102 valence electrons. The molecule has 0 fully saturated rings. The summed E-state index contributed by atoms with van der Waals surface area (Å²) >= 11 is 3.99. The zero-order valence-corrected chi connectivity index (χ0v) is 12.2. The second kappa shape index (κ2) is 5.14. The molecule has 0 aliphatic rings. The lowest BCUT2D eigenvalue weighted by atomic mass is 10.3. The molecule has 2 rings (SSSR count). The van der Waals surface area contributed by atoms with E-state index in [4.69, 9.17) is 0 Å². The van der Waals surface area contributed by atoms with Gasteiger partial charge in [0, 0.05) is 0 Å². The Kier molecular flexibility index (Phi) is 3.88. The Balaban J connectivity index is 2.39. The Bertz CT molecular complexity index is 730. The molecule has 0 aliphatic heterocycles. The summed E-state index contributed by atoms with van der Waals surface area (Å²) in [5.41, 5.74) is -0.650. The third kappa shape index (κ3) is 2.93. The highest BCUT2D eigenvalue weighted by molar-refractivity contribution is 9.11. The van der Waals surface area contributed by atoms with Crippen molar-refractivity contribution in [1.29, 1.82) is 0 Å². The van der Waals surface area contributed by atoms with E-state index >= 15 is 0 Å². The monoisotopic (exact) mass is 371 g/mol. The van der Waals surface area contributed by atoms with E-state index in [0.29, 0.717) is 9.85 Å². The predicted octanol–water partition coefficient (Wildman–Crippen LogP) is 3.73. The molecule has 0 amide bonds. The number of nitrogens with one attached hydrogen (secondary N) is 1. The van der Waals surface area contributed by atoms with Gasteiger partial charge in [0.1, 0.15) is 4.21 Å². The van der Waals surface area contributed by atoms with Crippen LogP contribution >= 0.6 is 27.3 Å². The number of thiophene rings is 1. The summed E-state index contributed by atoms with van der Waals surface area (Å²) in [5, 5.41) is 0. The van der Waals surface area contributed by atoms with E-state index in [2.05, 4.69) is 15.9 Å². The van der Waals surface area contributed by atoms with Crippen molar-refractivity contribution in [2.45, 2.75) is 4.21 Å². The van der Waals surface area contributed by atoms with Crippen molar-refractivity contribution < 1.29 is 21.6 Å². The van der Waals surface area contributed by atoms with E-state index < -0.39 is 33.2 Å². The van der Waals surface area contributed by atoms with Crippen LogP contribution in [0.25, 0.3) is 0 Å². The maximum atomic E-state index is 13.4. The van der Waals surface area contributed by atoms with Gasteiger partial charge in [-0.05, 0) is 40.2 Å². The third-order valence-corrected chi connectivity index (χ3v) is 5.57. The van der Waals surface area contributed by atoms with Crippen molar-refractivity contribution in [3.05, 3.63) is 45.5 Å². The lowest BCUT2D eigenvalue weighted by Gasteiger charge is -2.07. The molecule has 0 radical (unpaired) electrons. The number of rotatable bonds is 3. The molecular formula is C10H5BrF3NO2S2. The highest BCUT2D eigenvalue weighted by Crippen LogP contribution is 2.29. The number of anilines is 1. The van der Waals surface area contributed by atoms with Crippen LogP contribution in [0.3, 0.4) is 0 Å². The normalized spacial score (nSPS) is 11.6. The molecule has 0 saturated heterocycles. The molecule has 2 aromatic rings. The van der Waals surface area contributed by atoms with Gasteiger partial charge in [0.05, 0.1) is 9.47 Å². The first-order valence-corrected chi connectivity index (χ1v) is 7.82. The van der Waals surface area contributed by atoms with Crippen LogP contribution in [0, 0.1) is 17.5 Å². The lowest BCUT2D eigenvalue weighted by Crippen LogP contribution is -2.13. The van der Waals surface area contributed by atoms with Crippen LogP contribution in [0.4, 0.5) is 18.9 Å². The molecule has 1 heterocycles. The van der Waals surface area contributed by atoms with Gasteiger partial charge in [0.2, 0.25) is 0 Å². The zero-order valence-electron chi connectivity index (χ0n) is 8.95. The second-order valence-electron chi connectivity index (χ2n) is 3.39. The minimum absolute atomic E-state index is 0.0801. The molecule has 1 N–H and O–H groups in total. The van der Waals surface area contributed by atoms with Crippen molar-refractivity contribution in [3.63, 3.8) is 0 Å². The third-order valence-electron chi connectivity index (χ3n) is 2.09. The number of sulfonamides is 1. The number of hydrogen-bond donors (Lipinski definition) is 1. The fourth-order valence-electron chi connectivity index (χ4n) is 1.24. The van der Waals surface area contributed by atoms with E-state index in [0.717, 1.165) is 17.4 Å². The highest BCUT2D eigenvalue weighted by Gasteiger charge is 2.21. The summed E-state index contributed by atoms with van der Waals surface area (Å²) in [4.78, 5) is 0. The largest absolute Gasteiger partial charge is 0.276 e. The van der Waals surface area contributed by atoms with E-state index in [1.807, 2.05) is 4.72 Å². The fraction of sp³-hybridized carbons (Fsp3) is 0. The first-order chi connectivity index (χ1) is 8.81. The Labute approximate surface area is 119 Å². The summed E-state index contributed by atoms with van der Waals surface area (Å²) in [7, 11) is -4.04. The van der Waals surface area contributed by atoms with Gasteiger partial charge in [-0.3, -0.25) is 4.72 Å². The smallest absolute Gasteiger partial charge is 0.271 e. The van der Waals surface area contributed by atoms with Crippen LogP contribution in [0.5, 0.6) is 0 Å². The van der Waals surface area contributed by atoms with Gasteiger partial charge >= 0.3 is 0 Å². The van der Waals surface area contributed by atoms with Crippen LogP contribution in [0.2, 0.25) is 0 Å². The lowest BCUT2D eigenvalue weighted by molar-refractivity contribution is 0.449. The van der Waals surface area contributed by atoms with Crippen molar-refractivity contribution >= 4 is 43.0 Å². The number of hydrogen-bond acceptors (Lipinski definition) is 3. The van der Waals surface area contributed by atoms with Crippen molar-refractivity contribution in [1.82, 2.24) is 0 Å². The molecule has 0 atom stereocenters. The Morgan fingerprint density at radius 2 is 1.74 bits per heavy atom. The summed E-state index contributed by atoms with van der Waals surface area (Å²) in [6.07, 6.45) is 0. The molecule has 19 heavy (non-hydrogen) atoms. The minimum atomic E-state index is -4.04. The molecule has 0 unspecified atom stereocenters. The van der Waals surface area contributed by atoms with Gasteiger partial charge < -0.3 is 0 Å². The maximum Gasteiger partial charge on any atom is 0.271 e. The van der Waals surface area contributed by atoms with Crippen LogP contribution in [-0.4, -0.2) is 8.42 Å². The van der Waals surface area contributed by atoms with Gasteiger partial charge in [-0.2, -0.15) is 0 Å². The molecular weight excluding hydrogens is 367 g/mol.